The Balaban J connectivity index is 1.79. The molecule has 0 aromatic heterocycles. The van der Waals surface area contributed by atoms with Gasteiger partial charge in [0.05, 0.1) is 12.3 Å². The zero-order valence-corrected chi connectivity index (χ0v) is 14.0. The van der Waals surface area contributed by atoms with Crippen molar-refractivity contribution in [3.05, 3.63) is 29.8 Å². The van der Waals surface area contributed by atoms with Crippen LogP contribution in [0.1, 0.15) is 31.2 Å². The van der Waals surface area contributed by atoms with Gasteiger partial charge in [0.15, 0.2) is 0 Å². The molecule has 1 saturated carbocycles. The zero-order chi connectivity index (χ0) is 18.2. The van der Waals surface area contributed by atoms with E-state index in [1.165, 1.54) is 0 Å². The summed E-state index contributed by atoms with van der Waals surface area (Å²) in [5.41, 5.74) is 1.39. The summed E-state index contributed by atoms with van der Waals surface area (Å²) in [4.78, 5) is 33.8. The number of carbonyl (C=O) groups excluding carboxylic acids is 1. The van der Waals surface area contributed by atoms with E-state index in [4.69, 9.17) is 10.2 Å². The second kappa shape index (κ2) is 9.05. The standard InChI is InChI=1S/C18H24N2O5/c21-16(20-10-12-5-7-13(8-6-12)18(24)25)9-14-3-1-2-4-15(14)19-11-17(22)23/h1-4,12-13,19H,5-11H2,(H,20,21)(H,22,23)(H,24,25). The highest BCUT2D eigenvalue weighted by atomic mass is 16.4. The van der Waals surface area contributed by atoms with E-state index in [1.54, 1.807) is 18.2 Å². The number of anilines is 1. The molecule has 0 atom stereocenters. The third kappa shape index (κ3) is 6.10. The molecule has 7 heteroatoms. The van der Waals surface area contributed by atoms with Gasteiger partial charge in [0, 0.05) is 12.2 Å². The number of para-hydroxylation sites is 1. The fourth-order valence-electron chi connectivity index (χ4n) is 3.12. The van der Waals surface area contributed by atoms with Gasteiger partial charge in [-0.25, -0.2) is 0 Å². The highest BCUT2D eigenvalue weighted by Gasteiger charge is 2.26. The Morgan fingerprint density at radius 3 is 2.36 bits per heavy atom. The van der Waals surface area contributed by atoms with E-state index in [1.807, 2.05) is 6.07 Å². The Labute approximate surface area is 146 Å². The highest BCUT2D eigenvalue weighted by molar-refractivity contribution is 5.81. The van der Waals surface area contributed by atoms with Crippen LogP contribution >= 0.6 is 0 Å². The van der Waals surface area contributed by atoms with E-state index in [9.17, 15) is 14.4 Å². The van der Waals surface area contributed by atoms with Gasteiger partial charge in [0.2, 0.25) is 5.91 Å². The van der Waals surface area contributed by atoms with Crippen molar-refractivity contribution in [3.63, 3.8) is 0 Å². The molecule has 2 rings (SSSR count). The Morgan fingerprint density at radius 2 is 1.72 bits per heavy atom. The molecule has 0 aliphatic heterocycles. The summed E-state index contributed by atoms with van der Waals surface area (Å²) in [7, 11) is 0. The molecule has 0 saturated heterocycles. The number of nitrogens with one attached hydrogen (secondary N) is 2. The van der Waals surface area contributed by atoms with Crippen LogP contribution in [0.15, 0.2) is 24.3 Å². The van der Waals surface area contributed by atoms with Crippen LogP contribution in [0.2, 0.25) is 0 Å². The van der Waals surface area contributed by atoms with Gasteiger partial charge < -0.3 is 20.8 Å². The number of rotatable bonds is 8. The van der Waals surface area contributed by atoms with Crippen LogP contribution in [0.5, 0.6) is 0 Å². The molecule has 0 unspecified atom stereocenters. The maximum absolute atomic E-state index is 12.2. The van der Waals surface area contributed by atoms with Crippen LogP contribution in [-0.2, 0) is 20.8 Å². The molecule has 1 aromatic carbocycles. The van der Waals surface area contributed by atoms with Gasteiger partial charge in [-0.05, 0) is 43.2 Å². The summed E-state index contributed by atoms with van der Waals surface area (Å²) >= 11 is 0. The van der Waals surface area contributed by atoms with Gasteiger partial charge in [-0.1, -0.05) is 18.2 Å². The topological polar surface area (TPSA) is 116 Å². The monoisotopic (exact) mass is 348 g/mol. The lowest BCUT2D eigenvalue weighted by Crippen LogP contribution is -2.33. The molecule has 0 bridgehead atoms. The van der Waals surface area contributed by atoms with Crippen molar-refractivity contribution < 1.29 is 24.6 Å². The molecule has 1 aliphatic rings. The van der Waals surface area contributed by atoms with Crippen molar-refractivity contribution in [2.75, 3.05) is 18.4 Å². The number of hydrogen-bond donors (Lipinski definition) is 4. The number of benzene rings is 1. The van der Waals surface area contributed by atoms with Crippen molar-refractivity contribution in [2.24, 2.45) is 11.8 Å². The molecule has 0 radical (unpaired) electrons. The van der Waals surface area contributed by atoms with E-state index in [-0.39, 0.29) is 24.8 Å². The number of carboxylic acids is 2. The molecule has 0 heterocycles. The number of hydrogen-bond acceptors (Lipinski definition) is 4. The average molecular weight is 348 g/mol. The third-order valence-corrected chi connectivity index (χ3v) is 4.58. The van der Waals surface area contributed by atoms with Gasteiger partial charge in [-0.2, -0.15) is 0 Å². The van der Waals surface area contributed by atoms with E-state index >= 15 is 0 Å². The highest BCUT2D eigenvalue weighted by Crippen LogP contribution is 2.28. The molecule has 1 amide bonds. The van der Waals surface area contributed by atoms with Crippen LogP contribution in [0.3, 0.4) is 0 Å². The summed E-state index contributed by atoms with van der Waals surface area (Å²) in [6, 6.07) is 7.13. The van der Waals surface area contributed by atoms with Gasteiger partial charge in [-0.15, -0.1) is 0 Å². The predicted molar refractivity (Wildman–Crippen MR) is 92.4 cm³/mol. The molecule has 1 fully saturated rings. The fraction of sp³-hybridized carbons (Fsp3) is 0.500. The smallest absolute Gasteiger partial charge is 0.322 e. The fourth-order valence-corrected chi connectivity index (χ4v) is 3.12. The number of aliphatic carboxylic acids is 2. The minimum atomic E-state index is -0.962. The van der Waals surface area contributed by atoms with Crippen molar-refractivity contribution in [1.29, 1.82) is 0 Å². The first-order chi connectivity index (χ1) is 12.0. The van der Waals surface area contributed by atoms with Crippen LogP contribution in [-0.4, -0.2) is 41.1 Å². The van der Waals surface area contributed by atoms with Crippen LogP contribution in [0.25, 0.3) is 0 Å². The van der Waals surface area contributed by atoms with Gasteiger partial charge >= 0.3 is 11.9 Å². The van der Waals surface area contributed by atoms with E-state index in [2.05, 4.69) is 10.6 Å². The first-order valence-electron chi connectivity index (χ1n) is 8.48. The van der Waals surface area contributed by atoms with Crippen molar-refractivity contribution >= 4 is 23.5 Å². The molecule has 1 aliphatic carbocycles. The number of amides is 1. The van der Waals surface area contributed by atoms with E-state index in [0.29, 0.717) is 31.0 Å². The lowest BCUT2D eigenvalue weighted by molar-refractivity contribution is -0.143. The normalized spacial score (nSPS) is 19.8. The van der Waals surface area contributed by atoms with Crippen molar-refractivity contribution in [3.8, 4) is 0 Å². The SMILES string of the molecule is O=C(O)CNc1ccccc1CC(=O)NCC1CCC(C(=O)O)CC1. The first-order valence-corrected chi connectivity index (χ1v) is 8.48. The van der Waals surface area contributed by atoms with Crippen molar-refractivity contribution in [2.45, 2.75) is 32.1 Å². The summed E-state index contributed by atoms with van der Waals surface area (Å²) in [5, 5.41) is 23.5. The van der Waals surface area contributed by atoms with Crippen LogP contribution in [0.4, 0.5) is 5.69 Å². The lowest BCUT2D eigenvalue weighted by atomic mass is 9.82. The van der Waals surface area contributed by atoms with Crippen LogP contribution in [0, 0.1) is 11.8 Å². The lowest BCUT2D eigenvalue weighted by Gasteiger charge is -2.26. The average Bonchev–Trinajstić information content (AvgIpc) is 2.59. The summed E-state index contributed by atoms with van der Waals surface area (Å²) in [6.07, 6.45) is 3.13. The molecule has 25 heavy (non-hydrogen) atoms. The molecule has 136 valence electrons. The zero-order valence-electron chi connectivity index (χ0n) is 14.0. The van der Waals surface area contributed by atoms with Gasteiger partial charge in [0.25, 0.3) is 0 Å². The minimum absolute atomic E-state index is 0.120. The minimum Gasteiger partial charge on any atom is -0.481 e. The molecule has 7 nitrogen and oxygen atoms in total. The summed E-state index contributed by atoms with van der Waals surface area (Å²) in [5.74, 6) is -1.74. The molecule has 4 N–H and O–H groups in total. The second-order valence-corrected chi connectivity index (χ2v) is 6.44. The van der Waals surface area contributed by atoms with E-state index in [0.717, 1.165) is 18.4 Å². The number of carboxylic acid groups (broad SMARTS) is 2. The second-order valence-electron chi connectivity index (χ2n) is 6.44. The van der Waals surface area contributed by atoms with Gasteiger partial charge in [0.1, 0.15) is 6.54 Å². The Hall–Kier alpha value is -2.57. The largest absolute Gasteiger partial charge is 0.481 e. The Morgan fingerprint density at radius 1 is 1.04 bits per heavy atom. The van der Waals surface area contributed by atoms with E-state index < -0.39 is 11.9 Å². The maximum Gasteiger partial charge on any atom is 0.322 e. The summed E-state index contributed by atoms with van der Waals surface area (Å²) in [6.45, 7) is 0.349. The third-order valence-electron chi connectivity index (χ3n) is 4.58. The first kappa shape index (κ1) is 18.8. The quantitative estimate of drug-likeness (QED) is 0.569. The molecular weight excluding hydrogens is 324 g/mol. The van der Waals surface area contributed by atoms with Gasteiger partial charge in [-0.3, -0.25) is 14.4 Å². The van der Waals surface area contributed by atoms with Crippen molar-refractivity contribution in [1.82, 2.24) is 5.32 Å². The predicted octanol–water partition coefficient (Wildman–Crippen LogP) is 1.73. The Bertz CT molecular complexity index is 624. The molecule has 1 aromatic rings. The molecule has 0 spiro atoms. The number of carbonyl (C=O) groups is 3. The summed E-state index contributed by atoms with van der Waals surface area (Å²) < 4.78 is 0. The molecular formula is C18H24N2O5. The van der Waals surface area contributed by atoms with Crippen LogP contribution < -0.4 is 10.6 Å². The maximum atomic E-state index is 12.2. The Kier molecular flexibility index (Phi) is 6.80.